The monoisotopic (exact) mass is 447 g/mol. The number of ether oxygens (including phenoxy) is 1. The van der Waals surface area contributed by atoms with E-state index in [0.29, 0.717) is 11.3 Å². The number of carbonyl (C=O) groups excluding carboxylic acids is 2. The van der Waals surface area contributed by atoms with Crippen molar-refractivity contribution in [3.8, 4) is 5.75 Å². The first-order chi connectivity index (χ1) is 15.6. The van der Waals surface area contributed by atoms with Gasteiger partial charge in [-0.1, -0.05) is 30.3 Å². The van der Waals surface area contributed by atoms with Crippen molar-refractivity contribution in [1.29, 1.82) is 5.41 Å². The fourth-order valence-electron chi connectivity index (χ4n) is 4.08. The lowest BCUT2D eigenvalue weighted by atomic mass is 9.95. The molecule has 2 aromatic heterocycles. The number of aromatic amines is 1. The summed E-state index contributed by atoms with van der Waals surface area (Å²) in [5.41, 5.74) is 5.57. The molecule has 1 aliphatic heterocycles. The Morgan fingerprint density at radius 3 is 2.69 bits per heavy atom. The average Bonchev–Trinajstić information content (AvgIpc) is 3.51. The van der Waals surface area contributed by atoms with Crippen LogP contribution in [0.1, 0.15) is 23.2 Å². The number of hydrogen-bond donors (Lipinski definition) is 3. The number of nitrogens with zero attached hydrogens (tertiary/aromatic N) is 2. The second-order valence-corrected chi connectivity index (χ2v) is 8.42. The summed E-state index contributed by atoms with van der Waals surface area (Å²) in [5, 5.41) is 12.1. The minimum atomic E-state index is -0.791. The number of nitrogens with one attached hydrogen (secondary N) is 3. The molecule has 2 aromatic carbocycles. The lowest BCUT2D eigenvalue weighted by Crippen LogP contribution is -2.42. The van der Waals surface area contributed by atoms with Crippen molar-refractivity contribution in [1.82, 2.24) is 20.0 Å². The second kappa shape index (κ2) is 8.10. The number of rotatable bonds is 5. The van der Waals surface area contributed by atoms with Gasteiger partial charge in [-0.3, -0.25) is 20.0 Å². The maximum absolute atomic E-state index is 13.6. The van der Waals surface area contributed by atoms with Crippen molar-refractivity contribution < 1.29 is 14.3 Å². The van der Waals surface area contributed by atoms with Crippen LogP contribution in [-0.4, -0.2) is 33.4 Å². The highest BCUT2D eigenvalue weighted by atomic mass is 32.1. The minimum Gasteiger partial charge on any atom is -0.497 e. The van der Waals surface area contributed by atoms with Gasteiger partial charge in [0.15, 0.2) is 10.6 Å². The van der Waals surface area contributed by atoms with Crippen LogP contribution in [0.3, 0.4) is 0 Å². The Labute approximate surface area is 187 Å². The maximum atomic E-state index is 13.6. The largest absolute Gasteiger partial charge is 0.497 e. The zero-order chi connectivity index (χ0) is 22.2. The predicted octanol–water partition coefficient (Wildman–Crippen LogP) is 2.92. The van der Waals surface area contributed by atoms with E-state index in [1.807, 2.05) is 30.5 Å². The van der Waals surface area contributed by atoms with E-state index < -0.39 is 12.1 Å². The van der Waals surface area contributed by atoms with Crippen molar-refractivity contribution in [2.75, 3.05) is 7.11 Å². The molecule has 5 rings (SSSR count). The highest BCUT2D eigenvalue weighted by Crippen LogP contribution is 2.37. The molecule has 0 aliphatic carbocycles. The Morgan fingerprint density at radius 2 is 1.97 bits per heavy atom. The van der Waals surface area contributed by atoms with Gasteiger partial charge < -0.3 is 14.3 Å². The summed E-state index contributed by atoms with van der Waals surface area (Å²) in [6.45, 7) is -0.0319. The number of amides is 1. The lowest BCUT2D eigenvalue weighted by Gasteiger charge is -2.23. The molecule has 0 radical (unpaired) electrons. The van der Waals surface area contributed by atoms with Gasteiger partial charge in [0.1, 0.15) is 24.4 Å². The molecule has 1 amide bonds. The normalized spacial score (nSPS) is 18.4. The zero-order valence-electron chi connectivity index (χ0n) is 17.2. The van der Waals surface area contributed by atoms with Crippen LogP contribution >= 0.6 is 11.3 Å². The number of ketones is 1. The van der Waals surface area contributed by atoms with Crippen LogP contribution in [0, 0.1) is 5.41 Å². The number of fused-ring (bicyclic) bond motifs is 1. The molecule has 0 bridgehead atoms. The fourth-order valence-corrected chi connectivity index (χ4v) is 4.68. The van der Waals surface area contributed by atoms with E-state index in [2.05, 4.69) is 10.4 Å². The first kappa shape index (κ1) is 20.2. The number of methoxy groups -OCH3 is 1. The van der Waals surface area contributed by atoms with Gasteiger partial charge >= 0.3 is 0 Å². The Hall–Kier alpha value is -3.69. The van der Waals surface area contributed by atoms with Crippen LogP contribution in [-0.2, 0) is 16.1 Å². The van der Waals surface area contributed by atoms with E-state index in [9.17, 15) is 9.59 Å². The minimum absolute atomic E-state index is 0.0319. The third-order valence-corrected chi connectivity index (χ3v) is 6.42. The highest BCUT2D eigenvalue weighted by molar-refractivity contribution is 7.06. The number of hydrogen-bond acceptors (Lipinski definition) is 6. The molecule has 3 heterocycles. The molecule has 162 valence electrons. The first-order valence-electron chi connectivity index (χ1n) is 10.1. The Morgan fingerprint density at radius 1 is 1.19 bits per heavy atom. The van der Waals surface area contributed by atoms with Crippen LogP contribution in [0.4, 0.5) is 0 Å². The number of benzene rings is 2. The van der Waals surface area contributed by atoms with Gasteiger partial charge in [0, 0.05) is 34.2 Å². The molecule has 1 fully saturated rings. The summed E-state index contributed by atoms with van der Waals surface area (Å²) < 4.78 is 6.80. The second-order valence-electron chi connectivity index (χ2n) is 7.53. The summed E-state index contributed by atoms with van der Waals surface area (Å²) in [5.74, 6) is 0.263. The molecule has 8 nitrogen and oxygen atoms in total. The first-order valence-corrected chi connectivity index (χ1v) is 10.9. The van der Waals surface area contributed by atoms with E-state index in [1.165, 1.54) is 16.3 Å². The quantitative estimate of drug-likeness (QED) is 0.438. The van der Waals surface area contributed by atoms with Gasteiger partial charge in [-0.25, -0.2) is 5.43 Å². The Kier molecular flexibility index (Phi) is 5.12. The molecule has 4 aromatic rings. The number of hydrazine groups is 1. The van der Waals surface area contributed by atoms with Crippen molar-refractivity contribution in [2.24, 2.45) is 0 Å². The highest BCUT2D eigenvalue weighted by Gasteiger charge is 2.45. The van der Waals surface area contributed by atoms with E-state index in [0.717, 1.165) is 16.5 Å². The lowest BCUT2D eigenvalue weighted by molar-refractivity contribution is -0.138. The molecule has 2 atom stereocenters. The van der Waals surface area contributed by atoms with Gasteiger partial charge in [-0.15, -0.1) is 11.3 Å². The molecule has 1 aliphatic rings. The van der Waals surface area contributed by atoms with Gasteiger partial charge in [-0.05, 0) is 23.8 Å². The third kappa shape index (κ3) is 3.41. The number of aromatic nitrogens is 2. The SMILES string of the molecule is COc1ccc([C@@H]2C(=O)C(c3c[nH]c4ccccc34)NN2C(=O)Cn2ccsc2=N)cc1. The van der Waals surface area contributed by atoms with Crippen molar-refractivity contribution >= 4 is 33.9 Å². The van der Waals surface area contributed by atoms with E-state index in [-0.39, 0.29) is 23.0 Å². The molecule has 1 saturated heterocycles. The maximum Gasteiger partial charge on any atom is 0.257 e. The van der Waals surface area contributed by atoms with Gasteiger partial charge in [0.2, 0.25) is 0 Å². The molecule has 32 heavy (non-hydrogen) atoms. The van der Waals surface area contributed by atoms with Gasteiger partial charge in [0.05, 0.1) is 7.11 Å². The van der Waals surface area contributed by atoms with Crippen LogP contribution in [0.15, 0.2) is 66.3 Å². The van der Waals surface area contributed by atoms with Crippen LogP contribution in [0.25, 0.3) is 10.9 Å². The summed E-state index contributed by atoms with van der Waals surface area (Å²) in [6.07, 6.45) is 3.51. The summed E-state index contributed by atoms with van der Waals surface area (Å²) >= 11 is 1.24. The van der Waals surface area contributed by atoms with E-state index in [4.69, 9.17) is 10.1 Å². The van der Waals surface area contributed by atoms with Crippen LogP contribution in [0.2, 0.25) is 0 Å². The van der Waals surface area contributed by atoms with Gasteiger partial charge in [0.25, 0.3) is 5.91 Å². The number of carbonyl (C=O) groups is 2. The van der Waals surface area contributed by atoms with Crippen molar-refractivity contribution in [2.45, 2.75) is 18.6 Å². The number of H-pyrrole nitrogens is 1. The summed E-state index contributed by atoms with van der Waals surface area (Å²) in [7, 11) is 1.58. The molecule has 0 spiro atoms. The van der Waals surface area contributed by atoms with Gasteiger partial charge in [-0.2, -0.15) is 0 Å². The zero-order valence-corrected chi connectivity index (χ0v) is 18.1. The summed E-state index contributed by atoms with van der Waals surface area (Å²) in [4.78, 5) is 30.4. The van der Waals surface area contributed by atoms with E-state index >= 15 is 0 Å². The number of para-hydroxylation sites is 1. The smallest absolute Gasteiger partial charge is 0.257 e. The molecule has 3 N–H and O–H groups in total. The molecular formula is C23H21N5O3S. The van der Waals surface area contributed by atoms with E-state index in [1.54, 1.807) is 47.5 Å². The predicted molar refractivity (Wildman–Crippen MR) is 120 cm³/mol. The van der Waals surface area contributed by atoms with Crippen molar-refractivity contribution in [3.05, 3.63) is 82.2 Å². The molecular weight excluding hydrogens is 426 g/mol. The van der Waals surface area contributed by atoms with Crippen LogP contribution < -0.4 is 15.0 Å². The molecule has 9 heteroatoms. The molecule has 1 unspecified atom stereocenters. The Bertz CT molecular complexity index is 1350. The fraction of sp³-hybridized carbons (Fsp3) is 0.174. The topological polar surface area (TPSA) is 103 Å². The van der Waals surface area contributed by atoms with Crippen LogP contribution in [0.5, 0.6) is 5.75 Å². The Balaban J connectivity index is 1.54. The standard InChI is InChI=1S/C23H21N5O3S/c1-31-15-8-6-14(7-9-15)21-22(30)20(17-12-25-18-5-3-2-4-16(17)18)26-28(21)19(29)13-27-10-11-32-23(27)24/h2-12,20-21,24-26H,13H2,1H3/t20?,21-/m1/s1. The number of Topliss-reactive ketones (excluding diaryl/α,β-unsaturated/α-hetero) is 1. The average molecular weight is 448 g/mol. The third-order valence-electron chi connectivity index (χ3n) is 5.70. The van der Waals surface area contributed by atoms with Crippen molar-refractivity contribution in [3.63, 3.8) is 0 Å². The molecule has 0 saturated carbocycles. The number of thiazole rings is 1. The summed E-state index contributed by atoms with van der Waals surface area (Å²) in [6, 6.07) is 13.4.